The number of halogens is 6. The lowest BCUT2D eigenvalue weighted by Gasteiger charge is -2.54. The second-order valence-corrected chi connectivity index (χ2v) is 8.74. The van der Waals surface area contributed by atoms with Crippen LogP contribution in [-0.2, 0) is 18.0 Å². The Bertz CT molecular complexity index is 1370. The first-order valence-corrected chi connectivity index (χ1v) is 11.2. The summed E-state index contributed by atoms with van der Waals surface area (Å²) in [5.41, 5.74) is -1.17. The van der Waals surface area contributed by atoms with Gasteiger partial charge in [-0.3, -0.25) is 9.48 Å². The van der Waals surface area contributed by atoms with E-state index in [9.17, 15) is 31.1 Å². The number of nitrogens with one attached hydrogen (secondary N) is 1. The number of hydrogen-bond donors (Lipinski definition) is 1. The molecule has 2 atom stereocenters. The van der Waals surface area contributed by atoms with E-state index in [1.54, 1.807) is 6.92 Å². The van der Waals surface area contributed by atoms with Crippen LogP contribution in [0, 0.1) is 12.7 Å². The monoisotopic (exact) mass is 550 g/mol. The third kappa shape index (κ3) is 5.16. The molecule has 0 bridgehead atoms. The molecule has 0 aromatic carbocycles. The molecule has 3 aromatic heterocycles. The number of carbonyl (C=O) groups excluding carboxylic acids is 1. The second kappa shape index (κ2) is 9.81. The summed E-state index contributed by atoms with van der Waals surface area (Å²) in [5.74, 6) is -2.34. The number of amides is 1. The summed E-state index contributed by atoms with van der Waals surface area (Å²) in [6.07, 6.45) is -7.57. The Kier molecular flexibility index (Phi) is 7.12. The van der Waals surface area contributed by atoms with Gasteiger partial charge in [0.1, 0.15) is 15.7 Å². The first kappa shape index (κ1) is 28.3. The normalized spacial score (nSPS) is 20.6. The molecule has 1 N–H and O–H groups in total. The lowest BCUT2D eigenvalue weighted by atomic mass is 9.58. The number of morpholine rings is 1. The molecule has 1 aliphatic heterocycles. The predicted octanol–water partition coefficient (Wildman–Crippen LogP) is 2.06. The van der Waals surface area contributed by atoms with E-state index in [-0.39, 0.29) is 17.3 Å². The standard InChI is InChI=1S/C21H18B2F6N8O2/c1-9-14(16-30-6-12(24)7-31-16)15(35-36(9)3)17(38)37-13(10(2)39-21(28,29)20(37,22)23)8-34-18-32-4-11(5-33-18)19(25,26)27/h4-7,10,13H,8H2,1-3H3,(H,32,33,34). The minimum atomic E-state index is -4.68. The molecule has 4 radical (unpaired) electrons. The number of alkyl halides is 5. The highest BCUT2D eigenvalue weighted by atomic mass is 19.4. The fraction of sp³-hybridized carbons (Fsp3) is 0.429. The number of nitrogens with zero attached hydrogens (tertiary/aromatic N) is 7. The van der Waals surface area contributed by atoms with Crippen molar-refractivity contribution in [2.75, 3.05) is 11.9 Å². The number of rotatable bonds is 5. The minimum Gasteiger partial charge on any atom is -0.352 e. The van der Waals surface area contributed by atoms with Crippen molar-refractivity contribution in [3.63, 3.8) is 0 Å². The lowest BCUT2D eigenvalue weighted by Crippen LogP contribution is -2.74. The molecule has 3 aromatic rings. The molecule has 39 heavy (non-hydrogen) atoms. The summed E-state index contributed by atoms with van der Waals surface area (Å²) in [4.78, 5) is 29.1. The maximum atomic E-state index is 14.9. The van der Waals surface area contributed by atoms with Crippen LogP contribution in [0.3, 0.4) is 0 Å². The van der Waals surface area contributed by atoms with E-state index in [4.69, 9.17) is 20.4 Å². The van der Waals surface area contributed by atoms with Gasteiger partial charge in [-0.1, -0.05) is 0 Å². The van der Waals surface area contributed by atoms with Gasteiger partial charge in [-0.05, 0) is 13.8 Å². The average molecular weight is 550 g/mol. The van der Waals surface area contributed by atoms with E-state index in [1.807, 2.05) is 0 Å². The largest absolute Gasteiger partial charge is 0.419 e. The summed E-state index contributed by atoms with van der Waals surface area (Å²) in [6, 6.07) is -1.33. The Morgan fingerprint density at radius 1 is 1.13 bits per heavy atom. The molecule has 10 nitrogen and oxygen atoms in total. The molecule has 0 spiro atoms. The summed E-state index contributed by atoms with van der Waals surface area (Å²) < 4.78 is 87.6. The van der Waals surface area contributed by atoms with E-state index in [0.29, 0.717) is 23.0 Å². The Labute approximate surface area is 220 Å². The number of anilines is 1. The second-order valence-electron chi connectivity index (χ2n) is 8.74. The van der Waals surface area contributed by atoms with Crippen molar-refractivity contribution in [3.05, 3.63) is 47.6 Å². The topological polar surface area (TPSA) is 111 Å². The number of aryl methyl sites for hydroxylation is 1. The Morgan fingerprint density at radius 2 is 1.72 bits per heavy atom. The lowest BCUT2D eigenvalue weighted by molar-refractivity contribution is -0.319. The number of hydrogen-bond acceptors (Lipinski definition) is 8. The third-order valence-electron chi connectivity index (χ3n) is 6.12. The van der Waals surface area contributed by atoms with Gasteiger partial charge in [0.25, 0.3) is 5.91 Å². The first-order valence-electron chi connectivity index (χ1n) is 11.2. The molecule has 1 fully saturated rings. The maximum absolute atomic E-state index is 14.9. The number of aromatic nitrogens is 6. The Morgan fingerprint density at radius 3 is 2.28 bits per heavy atom. The Balaban J connectivity index is 1.73. The maximum Gasteiger partial charge on any atom is 0.419 e. The van der Waals surface area contributed by atoms with Crippen LogP contribution in [0.5, 0.6) is 0 Å². The quantitative estimate of drug-likeness (QED) is 0.380. The molecule has 1 saturated heterocycles. The van der Waals surface area contributed by atoms with E-state index >= 15 is 0 Å². The van der Waals surface area contributed by atoms with Crippen LogP contribution in [0.4, 0.5) is 32.3 Å². The summed E-state index contributed by atoms with van der Waals surface area (Å²) in [5, 5.41) is 3.48. The van der Waals surface area contributed by atoms with Gasteiger partial charge in [-0.2, -0.15) is 27.1 Å². The van der Waals surface area contributed by atoms with E-state index in [0.717, 1.165) is 12.4 Å². The number of ether oxygens (including phenoxy) is 1. The fourth-order valence-corrected chi connectivity index (χ4v) is 3.95. The van der Waals surface area contributed by atoms with Crippen molar-refractivity contribution in [3.8, 4) is 11.4 Å². The predicted molar refractivity (Wildman–Crippen MR) is 124 cm³/mol. The highest BCUT2D eigenvalue weighted by Crippen LogP contribution is 2.41. The van der Waals surface area contributed by atoms with Gasteiger partial charge in [0.2, 0.25) is 5.95 Å². The smallest absolute Gasteiger partial charge is 0.352 e. The highest BCUT2D eigenvalue weighted by Gasteiger charge is 2.60. The summed E-state index contributed by atoms with van der Waals surface area (Å²) in [6.45, 7) is 2.34. The first-order chi connectivity index (χ1) is 18.0. The average Bonchev–Trinajstić information content (AvgIpc) is 3.14. The van der Waals surface area contributed by atoms with Crippen molar-refractivity contribution in [1.29, 1.82) is 0 Å². The number of carbonyl (C=O) groups is 1. The molecule has 4 heterocycles. The van der Waals surface area contributed by atoms with Crippen LogP contribution in [0.25, 0.3) is 11.4 Å². The molecule has 0 saturated carbocycles. The molecule has 1 aliphatic rings. The molecule has 4 rings (SSSR count). The zero-order valence-corrected chi connectivity index (χ0v) is 20.5. The van der Waals surface area contributed by atoms with Crippen LogP contribution < -0.4 is 5.32 Å². The summed E-state index contributed by atoms with van der Waals surface area (Å²) in [7, 11) is 13.0. The van der Waals surface area contributed by atoms with Crippen LogP contribution in [0.15, 0.2) is 24.8 Å². The van der Waals surface area contributed by atoms with Crippen molar-refractivity contribution in [2.45, 2.75) is 43.6 Å². The molecule has 2 unspecified atom stereocenters. The SMILES string of the molecule is [B]C1([B])N(C(=O)c2nn(C)c(C)c2-c2ncc(F)cn2)C(CNc2ncc(C(F)(F)F)cn2)C(C)OC1(F)F. The van der Waals surface area contributed by atoms with Crippen LogP contribution in [0.1, 0.15) is 28.7 Å². The van der Waals surface area contributed by atoms with Gasteiger partial charge in [0.15, 0.2) is 17.3 Å². The summed E-state index contributed by atoms with van der Waals surface area (Å²) >= 11 is 0. The van der Waals surface area contributed by atoms with Gasteiger partial charge in [0.05, 0.1) is 41.0 Å². The van der Waals surface area contributed by atoms with Crippen LogP contribution in [0.2, 0.25) is 0 Å². The van der Waals surface area contributed by atoms with Crippen molar-refractivity contribution >= 4 is 27.5 Å². The van der Waals surface area contributed by atoms with Gasteiger partial charge in [-0.25, -0.2) is 24.3 Å². The van der Waals surface area contributed by atoms with Gasteiger partial charge in [-0.15, -0.1) is 0 Å². The molecule has 1 amide bonds. The Hall–Kier alpha value is -3.69. The van der Waals surface area contributed by atoms with E-state index in [1.165, 1.54) is 18.7 Å². The van der Waals surface area contributed by atoms with Crippen LogP contribution in [-0.4, -0.2) is 86.4 Å². The van der Waals surface area contributed by atoms with Gasteiger partial charge in [0, 0.05) is 31.7 Å². The van der Waals surface area contributed by atoms with Crippen molar-refractivity contribution in [1.82, 2.24) is 34.6 Å². The van der Waals surface area contributed by atoms with Crippen molar-refractivity contribution in [2.24, 2.45) is 7.05 Å². The van der Waals surface area contributed by atoms with Gasteiger partial charge >= 0.3 is 12.3 Å². The minimum absolute atomic E-state index is 0.0125. The zero-order chi connectivity index (χ0) is 28.9. The van der Waals surface area contributed by atoms with E-state index < -0.39 is 59.3 Å². The van der Waals surface area contributed by atoms with E-state index in [2.05, 4.69) is 30.4 Å². The fourth-order valence-electron chi connectivity index (χ4n) is 3.95. The molecule has 0 aliphatic carbocycles. The molecular weight excluding hydrogens is 532 g/mol. The zero-order valence-electron chi connectivity index (χ0n) is 20.5. The van der Waals surface area contributed by atoms with Crippen LogP contribution >= 0.6 is 0 Å². The third-order valence-corrected chi connectivity index (χ3v) is 6.12. The molecule has 202 valence electrons. The van der Waals surface area contributed by atoms with Crippen molar-refractivity contribution < 1.29 is 35.9 Å². The molecular formula is C21H18B2F6N8O2. The molecule has 18 heteroatoms. The van der Waals surface area contributed by atoms with Gasteiger partial charge < -0.3 is 15.0 Å². The highest BCUT2D eigenvalue weighted by molar-refractivity contribution is 6.42.